The van der Waals surface area contributed by atoms with Gasteiger partial charge in [0.25, 0.3) is 6.43 Å². The zero-order chi connectivity index (χ0) is 10.0. The molecule has 0 aliphatic carbocycles. The maximum absolute atomic E-state index is 12.5. The maximum atomic E-state index is 12.5. The van der Waals surface area contributed by atoms with Crippen molar-refractivity contribution in [2.75, 3.05) is 5.73 Å². The molecule has 1 rings (SSSR count). The second-order valence-corrected chi connectivity index (χ2v) is 3.21. The lowest BCUT2D eigenvalue weighted by Gasteiger charge is -2.10. The Morgan fingerprint density at radius 3 is 2.69 bits per heavy atom. The lowest BCUT2D eigenvalue weighted by atomic mass is 10.1. The molecule has 0 atom stereocenters. The molecule has 0 aliphatic rings. The molecule has 1 heterocycles. The van der Waals surface area contributed by atoms with Gasteiger partial charge in [0, 0.05) is 17.2 Å². The smallest absolute Gasteiger partial charge is 0.267 e. The van der Waals surface area contributed by atoms with Crippen LogP contribution in [0.25, 0.3) is 0 Å². The molecule has 0 fully saturated rings. The fourth-order valence-electron chi connectivity index (χ4n) is 1.03. The van der Waals surface area contributed by atoms with Crippen LogP contribution >= 0.6 is 15.9 Å². The second-order valence-electron chi connectivity index (χ2n) is 2.65. The van der Waals surface area contributed by atoms with E-state index in [1.165, 1.54) is 6.20 Å². The highest BCUT2D eigenvalue weighted by Gasteiger charge is 2.18. The van der Waals surface area contributed by atoms with Crippen LogP contribution in [0.4, 0.5) is 14.5 Å². The molecule has 1 aromatic rings. The van der Waals surface area contributed by atoms with Gasteiger partial charge in [-0.25, -0.2) is 8.78 Å². The number of pyridine rings is 1. The number of anilines is 1. The number of hydrogen-bond donors (Lipinski definition) is 1. The Morgan fingerprint density at radius 2 is 2.23 bits per heavy atom. The van der Waals surface area contributed by atoms with E-state index in [2.05, 4.69) is 20.9 Å². The fraction of sp³-hybridized carbons (Fsp3) is 0.375. The van der Waals surface area contributed by atoms with Crippen molar-refractivity contribution in [1.82, 2.24) is 4.98 Å². The topological polar surface area (TPSA) is 38.9 Å². The number of nitrogens with two attached hydrogens (primary N) is 1. The molecule has 2 N–H and O–H groups in total. The zero-order valence-electron chi connectivity index (χ0n) is 7.02. The van der Waals surface area contributed by atoms with E-state index in [0.29, 0.717) is 11.3 Å². The molecular formula is C8H9BrF2N2. The van der Waals surface area contributed by atoms with Crippen molar-refractivity contribution < 1.29 is 8.78 Å². The summed E-state index contributed by atoms with van der Waals surface area (Å²) in [7, 11) is 0. The van der Waals surface area contributed by atoms with Crippen LogP contribution in [-0.2, 0) is 5.33 Å². The number of aryl methyl sites for hydroxylation is 1. The molecule has 13 heavy (non-hydrogen) atoms. The van der Waals surface area contributed by atoms with Crippen LogP contribution in [0.15, 0.2) is 6.20 Å². The Bertz CT molecular complexity index is 315. The van der Waals surface area contributed by atoms with E-state index in [0.717, 1.165) is 0 Å². The number of alkyl halides is 3. The summed E-state index contributed by atoms with van der Waals surface area (Å²) in [4.78, 5) is 3.87. The van der Waals surface area contributed by atoms with E-state index in [1.54, 1.807) is 6.92 Å². The van der Waals surface area contributed by atoms with E-state index in [1.807, 2.05) is 0 Å². The number of rotatable bonds is 2. The van der Waals surface area contributed by atoms with Gasteiger partial charge in [-0.1, -0.05) is 15.9 Å². The van der Waals surface area contributed by atoms with Gasteiger partial charge in [-0.05, 0) is 12.5 Å². The summed E-state index contributed by atoms with van der Waals surface area (Å²) < 4.78 is 25.0. The van der Waals surface area contributed by atoms with Crippen LogP contribution in [0.1, 0.15) is 23.2 Å². The minimum atomic E-state index is -2.57. The van der Waals surface area contributed by atoms with Crippen molar-refractivity contribution in [3.05, 3.63) is 23.0 Å². The summed E-state index contributed by atoms with van der Waals surface area (Å²) in [6.07, 6.45) is -1.07. The quantitative estimate of drug-likeness (QED) is 0.821. The molecule has 0 spiro atoms. The lowest BCUT2D eigenvalue weighted by molar-refractivity contribution is 0.151. The Balaban J connectivity index is 3.32. The van der Waals surface area contributed by atoms with Crippen LogP contribution in [-0.4, -0.2) is 4.98 Å². The summed E-state index contributed by atoms with van der Waals surface area (Å²) >= 11 is 3.08. The number of nitrogen functional groups attached to an aromatic ring is 1. The first-order valence-electron chi connectivity index (χ1n) is 3.66. The van der Waals surface area contributed by atoms with Gasteiger partial charge in [0.1, 0.15) is 0 Å². The minimum Gasteiger partial charge on any atom is -0.398 e. The van der Waals surface area contributed by atoms with E-state index in [-0.39, 0.29) is 16.6 Å². The van der Waals surface area contributed by atoms with Crippen molar-refractivity contribution in [3.8, 4) is 0 Å². The predicted octanol–water partition coefficient (Wildman–Crippen LogP) is 2.80. The standard InChI is InChI=1S/C8H9BrF2N2/c1-4-3-13-5(2-9)6(7(4)12)8(10)11/h3,8H,2H2,1H3,(H2,12,13). The van der Waals surface area contributed by atoms with Gasteiger partial charge in [-0.3, -0.25) is 4.98 Å². The van der Waals surface area contributed by atoms with E-state index < -0.39 is 6.43 Å². The van der Waals surface area contributed by atoms with Gasteiger partial charge >= 0.3 is 0 Å². The Labute approximate surface area is 83.3 Å². The molecule has 2 nitrogen and oxygen atoms in total. The molecular weight excluding hydrogens is 242 g/mol. The van der Waals surface area contributed by atoms with Crippen molar-refractivity contribution in [1.29, 1.82) is 0 Å². The summed E-state index contributed by atoms with van der Waals surface area (Å²) in [6, 6.07) is 0. The van der Waals surface area contributed by atoms with Crippen molar-refractivity contribution in [3.63, 3.8) is 0 Å². The van der Waals surface area contributed by atoms with E-state index in [4.69, 9.17) is 5.73 Å². The van der Waals surface area contributed by atoms with Gasteiger partial charge < -0.3 is 5.73 Å². The number of nitrogens with zero attached hydrogens (tertiary/aromatic N) is 1. The maximum Gasteiger partial charge on any atom is 0.267 e. The number of halogens is 3. The monoisotopic (exact) mass is 250 g/mol. The summed E-state index contributed by atoms with van der Waals surface area (Å²) in [5.41, 5.74) is 6.39. The van der Waals surface area contributed by atoms with Gasteiger partial charge in [-0.15, -0.1) is 0 Å². The average molecular weight is 251 g/mol. The third kappa shape index (κ3) is 1.96. The first kappa shape index (κ1) is 10.4. The Hall–Kier alpha value is -0.710. The van der Waals surface area contributed by atoms with Gasteiger partial charge in [0.15, 0.2) is 0 Å². The molecule has 5 heteroatoms. The highest BCUT2D eigenvalue weighted by molar-refractivity contribution is 9.08. The number of aromatic nitrogens is 1. The van der Waals surface area contributed by atoms with Crippen LogP contribution in [0.2, 0.25) is 0 Å². The largest absolute Gasteiger partial charge is 0.398 e. The summed E-state index contributed by atoms with van der Waals surface area (Å²) in [5, 5.41) is 0.289. The van der Waals surface area contributed by atoms with Crippen LogP contribution in [0.3, 0.4) is 0 Å². The molecule has 0 saturated heterocycles. The predicted molar refractivity (Wildman–Crippen MR) is 51.0 cm³/mol. The first-order valence-corrected chi connectivity index (χ1v) is 4.78. The lowest BCUT2D eigenvalue weighted by Crippen LogP contribution is -2.04. The zero-order valence-corrected chi connectivity index (χ0v) is 8.61. The molecule has 0 aromatic carbocycles. The summed E-state index contributed by atoms with van der Waals surface area (Å²) in [5.74, 6) is 0. The van der Waals surface area contributed by atoms with Gasteiger partial charge in [-0.2, -0.15) is 0 Å². The highest BCUT2D eigenvalue weighted by atomic mass is 79.9. The molecule has 72 valence electrons. The SMILES string of the molecule is Cc1cnc(CBr)c(C(F)F)c1N. The Kier molecular flexibility index (Phi) is 3.19. The molecule has 0 bridgehead atoms. The molecule has 0 aliphatic heterocycles. The van der Waals surface area contributed by atoms with Crippen LogP contribution in [0.5, 0.6) is 0 Å². The normalized spacial score (nSPS) is 10.8. The van der Waals surface area contributed by atoms with Gasteiger partial charge in [0.05, 0.1) is 11.3 Å². The third-order valence-corrected chi connectivity index (χ3v) is 2.32. The second kappa shape index (κ2) is 4.00. The summed E-state index contributed by atoms with van der Waals surface area (Å²) in [6.45, 7) is 1.66. The molecule has 0 amide bonds. The number of hydrogen-bond acceptors (Lipinski definition) is 2. The Morgan fingerprint density at radius 1 is 1.62 bits per heavy atom. The van der Waals surface area contributed by atoms with E-state index >= 15 is 0 Å². The molecule has 0 radical (unpaired) electrons. The fourth-order valence-corrected chi connectivity index (χ4v) is 1.48. The van der Waals surface area contributed by atoms with Crippen molar-refractivity contribution in [2.45, 2.75) is 18.7 Å². The first-order chi connectivity index (χ1) is 6.07. The minimum absolute atomic E-state index is 0.138. The average Bonchev–Trinajstić information content (AvgIpc) is 2.08. The highest BCUT2D eigenvalue weighted by Crippen LogP contribution is 2.30. The van der Waals surface area contributed by atoms with Crippen LogP contribution in [0, 0.1) is 6.92 Å². The van der Waals surface area contributed by atoms with Crippen molar-refractivity contribution in [2.24, 2.45) is 0 Å². The van der Waals surface area contributed by atoms with E-state index in [9.17, 15) is 8.78 Å². The van der Waals surface area contributed by atoms with Crippen molar-refractivity contribution >= 4 is 21.6 Å². The van der Waals surface area contributed by atoms with Gasteiger partial charge in [0.2, 0.25) is 0 Å². The molecule has 0 unspecified atom stereocenters. The van der Waals surface area contributed by atoms with Crippen LogP contribution < -0.4 is 5.73 Å². The molecule has 1 aromatic heterocycles. The third-order valence-electron chi connectivity index (χ3n) is 1.78. The molecule has 0 saturated carbocycles.